The Hall–Kier alpha value is -1.05. The van der Waals surface area contributed by atoms with Crippen LogP contribution in [-0.2, 0) is 9.53 Å². The molecular weight excluding hydrogens is 416 g/mol. The Morgan fingerprint density at radius 1 is 0.971 bits per heavy atom. The van der Waals surface area contributed by atoms with Crippen molar-refractivity contribution >= 4 is 5.97 Å². The highest BCUT2D eigenvalue weighted by molar-refractivity contribution is 5.66. The van der Waals surface area contributed by atoms with E-state index in [4.69, 9.17) is 4.74 Å². The molecule has 7 atom stereocenters. The van der Waals surface area contributed by atoms with Gasteiger partial charge in [0.1, 0.15) is 6.10 Å². The Bertz CT molecular complexity index is 902. The fourth-order valence-electron chi connectivity index (χ4n) is 10.1. The van der Waals surface area contributed by atoms with Gasteiger partial charge in [-0.2, -0.15) is 0 Å². The second-order valence-electron chi connectivity index (χ2n) is 14.2. The predicted octanol–water partition coefficient (Wildman–Crippen LogP) is 8.80. The minimum absolute atomic E-state index is 0.0433. The first kappa shape index (κ1) is 24.6. The number of fused-ring (bicyclic) bond motifs is 4. The van der Waals surface area contributed by atoms with E-state index in [-0.39, 0.29) is 22.9 Å². The quantitative estimate of drug-likeness (QED) is 0.299. The Labute approximate surface area is 209 Å². The molecule has 2 heteroatoms. The molecule has 5 aliphatic carbocycles. The summed E-state index contributed by atoms with van der Waals surface area (Å²) < 4.78 is 5.87. The van der Waals surface area contributed by atoms with Crippen molar-refractivity contribution in [3.05, 3.63) is 22.8 Å². The Kier molecular flexibility index (Phi) is 5.97. The fourth-order valence-corrected chi connectivity index (χ4v) is 10.1. The summed E-state index contributed by atoms with van der Waals surface area (Å²) in [5, 5.41) is 0. The summed E-state index contributed by atoms with van der Waals surface area (Å²) >= 11 is 0. The van der Waals surface area contributed by atoms with Gasteiger partial charge in [0.05, 0.1) is 0 Å². The number of rotatable bonds is 5. The Balaban J connectivity index is 1.42. The molecule has 0 spiro atoms. The third kappa shape index (κ3) is 3.59. The standard InChI is InChI=1S/C32H50O2/c1-21(9-8-10-23-11-12-23)24-15-19-32(7)26-13-14-27-29(3,4)28(34-22(2)33)17-18-30(27,5)25(26)16-20-31(24,32)6/h10,21,24,27-28H,8-9,11-20H2,1-7H3/t21-,24-,27?,28+,30-,31-,32+/m1/s1. The van der Waals surface area contributed by atoms with Crippen molar-refractivity contribution in [1.29, 1.82) is 0 Å². The molecule has 0 saturated heterocycles. The normalized spacial score (nSPS) is 43.5. The summed E-state index contributed by atoms with van der Waals surface area (Å²) in [6.07, 6.45) is 18.2. The SMILES string of the molecule is CC(=O)O[C@H]1CC[C@]2(C)C3=C(CCC2C1(C)C)[C@]1(C)CC[C@H]([C@H](C)CCC=C2CC2)[C@@]1(C)CC3. The number of carbonyl (C=O) groups is 1. The average molecular weight is 467 g/mol. The van der Waals surface area contributed by atoms with Crippen LogP contribution in [0.2, 0.25) is 0 Å². The lowest BCUT2D eigenvalue weighted by atomic mass is 9.43. The van der Waals surface area contributed by atoms with E-state index < -0.39 is 0 Å². The molecule has 5 aliphatic rings. The molecule has 0 bridgehead atoms. The van der Waals surface area contributed by atoms with Crippen LogP contribution in [0.4, 0.5) is 0 Å². The molecule has 0 aliphatic heterocycles. The van der Waals surface area contributed by atoms with Crippen LogP contribution in [0.5, 0.6) is 0 Å². The van der Waals surface area contributed by atoms with E-state index >= 15 is 0 Å². The maximum atomic E-state index is 11.8. The summed E-state index contributed by atoms with van der Waals surface area (Å²) in [5.74, 6) is 2.19. The monoisotopic (exact) mass is 466 g/mol. The highest BCUT2D eigenvalue weighted by atomic mass is 16.5. The van der Waals surface area contributed by atoms with Gasteiger partial charge < -0.3 is 4.74 Å². The lowest BCUT2D eigenvalue weighted by Gasteiger charge is -2.62. The second kappa shape index (κ2) is 8.24. The topological polar surface area (TPSA) is 26.3 Å². The van der Waals surface area contributed by atoms with Gasteiger partial charge in [0.2, 0.25) is 0 Å². The molecule has 1 unspecified atom stereocenters. The van der Waals surface area contributed by atoms with Gasteiger partial charge >= 0.3 is 5.97 Å². The maximum Gasteiger partial charge on any atom is 0.302 e. The molecule has 0 aromatic carbocycles. The van der Waals surface area contributed by atoms with Crippen LogP contribution in [0.25, 0.3) is 0 Å². The lowest BCUT2D eigenvalue weighted by Crippen LogP contribution is -2.55. The van der Waals surface area contributed by atoms with Gasteiger partial charge in [0.25, 0.3) is 0 Å². The first-order valence-electron chi connectivity index (χ1n) is 14.5. The zero-order valence-electron chi connectivity index (χ0n) is 23.2. The van der Waals surface area contributed by atoms with E-state index in [1.165, 1.54) is 70.6 Å². The van der Waals surface area contributed by atoms with Crippen molar-refractivity contribution in [1.82, 2.24) is 0 Å². The molecule has 5 rings (SSSR count). The number of hydrogen-bond donors (Lipinski definition) is 0. The highest BCUT2D eigenvalue weighted by Crippen LogP contribution is 2.72. The van der Waals surface area contributed by atoms with Gasteiger partial charge in [-0.05, 0) is 111 Å². The van der Waals surface area contributed by atoms with Gasteiger partial charge in [-0.3, -0.25) is 4.79 Å². The largest absolute Gasteiger partial charge is 0.462 e. The molecule has 34 heavy (non-hydrogen) atoms. The Morgan fingerprint density at radius 3 is 2.38 bits per heavy atom. The van der Waals surface area contributed by atoms with E-state index in [1.54, 1.807) is 12.5 Å². The first-order chi connectivity index (χ1) is 15.9. The second-order valence-corrected chi connectivity index (χ2v) is 14.2. The molecule has 0 radical (unpaired) electrons. The van der Waals surface area contributed by atoms with E-state index in [0.717, 1.165) is 18.3 Å². The molecule has 3 saturated carbocycles. The summed E-state index contributed by atoms with van der Waals surface area (Å²) in [5.41, 5.74) is 6.56. The molecule has 0 aromatic rings. The summed E-state index contributed by atoms with van der Waals surface area (Å²) in [6, 6.07) is 0. The number of hydrogen-bond acceptors (Lipinski definition) is 2. The Morgan fingerprint density at radius 2 is 1.71 bits per heavy atom. The van der Waals surface area contributed by atoms with Crippen LogP contribution in [0, 0.1) is 39.4 Å². The van der Waals surface area contributed by atoms with Gasteiger partial charge in [-0.1, -0.05) is 64.3 Å². The average Bonchev–Trinajstić information content (AvgIpc) is 3.53. The summed E-state index contributed by atoms with van der Waals surface area (Å²) in [6.45, 7) is 16.8. The minimum Gasteiger partial charge on any atom is -0.462 e. The highest BCUT2D eigenvalue weighted by Gasteiger charge is 2.63. The number of esters is 1. The van der Waals surface area contributed by atoms with Gasteiger partial charge in [-0.15, -0.1) is 0 Å². The van der Waals surface area contributed by atoms with E-state index in [9.17, 15) is 4.79 Å². The van der Waals surface area contributed by atoms with E-state index in [0.29, 0.717) is 16.7 Å². The van der Waals surface area contributed by atoms with Gasteiger partial charge in [0, 0.05) is 12.3 Å². The maximum absolute atomic E-state index is 11.8. The van der Waals surface area contributed by atoms with Crippen LogP contribution in [0.3, 0.4) is 0 Å². The van der Waals surface area contributed by atoms with Crippen LogP contribution >= 0.6 is 0 Å². The number of ether oxygens (including phenoxy) is 1. The fraction of sp³-hybridized carbons (Fsp3) is 0.844. The predicted molar refractivity (Wildman–Crippen MR) is 140 cm³/mol. The number of carbonyl (C=O) groups excluding carboxylic acids is 1. The van der Waals surface area contributed by atoms with E-state index in [1.807, 2.05) is 11.1 Å². The zero-order chi connectivity index (χ0) is 24.5. The van der Waals surface area contributed by atoms with Crippen LogP contribution < -0.4 is 0 Å². The first-order valence-corrected chi connectivity index (χ1v) is 14.5. The van der Waals surface area contributed by atoms with Crippen molar-refractivity contribution in [2.24, 2.45) is 39.4 Å². The van der Waals surface area contributed by atoms with Crippen LogP contribution in [-0.4, -0.2) is 12.1 Å². The zero-order valence-corrected chi connectivity index (χ0v) is 23.2. The van der Waals surface area contributed by atoms with Crippen molar-refractivity contribution < 1.29 is 9.53 Å². The molecular formula is C32H50O2. The molecule has 0 amide bonds. The van der Waals surface area contributed by atoms with Crippen molar-refractivity contribution in [2.75, 3.05) is 0 Å². The molecule has 0 N–H and O–H groups in total. The smallest absolute Gasteiger partial charge is 0.302 e. The van der Waals surface area contributed by atoms with Crippen LogP contribution in [0.15, 0.2) is 22.8 Å². The van der Waals surface area contributed by atoms with Gasteiger partial charge in [0.15, 0.2) is 0 Å². The lowest BCUT2D eigenvalue weighted by molar-refractivity contribution is -0.167. The third-order valence-electron chi connectivity index (χ3n) is 12.3. The molecule has 2 nitrogen and oxygen atoms in total. The summed E-state index contributed by atoms with van der Waals surface area (Å²) in [7, 11) is 0. The molecule has 190 valence electrons. The molecule has 0 aromatic heterocycles. The summed E-state index contributed by atoms with van der Waals surface area (Å²) in [4.78, 5) is 11.8. The van der Waals surface area contributed by atoms with Crippen LogP contribution in [0.1, 0.15) is 126 Å². The third-order valence-corrected chi connectivity index (χ3v) is 12.3. The van der Waals surface area contributed by atoms with Crippen molar-refractivity contribution in [2.45, 2.75) is 132 Å². The molecule has 0 heterocycles. The molecule has 3 fully saturated rings. The van der Waals surface area contributed by atoms with E-state index in [2.05, 4.69) is 47.6 Å². The van der Waals surface area contributed by atoms with Crippen molar-refractivity contribution in [3.8, 4) is 0 Å². The van der Waals surface area contributed by atoms with Crippen molar-refractivity contribution in [3.63, 3.8) is 0 Å². The minimum atomic E-state index is -0.113. The van der Waals surface area contributed by atoms with Gasteiger partial charge in [-0.25, -0.2) is 0 Å². The number of allylic oxidation sites excluding steroid dienone is 4.